The summed E-state index contributed by atoms with van der Waals surface area (Å²) in [6.07, 6.45) is 72.4. The molecule has 63 heavy (non-hydrogen) atoms. The molecule has 0 aromatic carbocycles. The molecule has 348 valence electrons. The molecule has 0 heterocycles. The van der Waals surface area contributed by atoms with Gasteiger partial charge in [0.15, 0.2) is 6.10 Å². The van der Waals surface area contributed by atoms with Crippen LogP contribution in [0.4, 0.5) is 0 Å². The van der Waals surface area contributed by atoms with E-state index in [9.17, 15) is 14.4 Å². The van der Waals surface area contributed by atoms with E-state index in [-0.39, 0.29) is 50.4 Å². The number of rotatable bonds is 40. The minimum atomic E-state index is -0.843. The number of carbonyl (C=O) groups excluding carboxylic acids is 3. The molecule has 0 radical (unpaired) electrons. The Morgan fingerprint density at radius 1 is 0.333 bits per heavy atom. The van der Waals surface area contributed by atoms with Gasteiger partial charge in [-0.3, -0.25) is 14.4 Å². The van der Waals surface area contributed by atoms with Crippen molar-refractivity contribution in [2.75, 3.05) is 13.2 Å². The predicted molar refractivity (Wildman–Crippen MR) is 269 cm³/mol. The minimum Gasteiger partial charge on any atom is -0.462 e. The van der Waals surface area contributed by atoms with Crippen molar-refractivity contribution in [2.45, 2.75) is 168 Å². The van der Waals surface area contributed by atoms with Crippen LogP contribution in [0.1, 0.15) is 162 Å². The van der Waals surface area contributed by atoms with Crippen molar-refractivity contribution in [2.24, 2.45) is 0 Å². The number of ether oxygens (including phenoxy) is 3. The number of esters is 3. The maximum atomic E-state index is 12.8. The molecule has 0 bridgehead atoms. The van der Waals surface area contributed by atoms with E-state index in [1.165, 1.54) is 19.3 Å². The third-order valence-corrected chi connectivity index (χ3v) is 9.20. The normalized spacial score (nSPS) is 13.5. The van der Waals surface area contributed by atoms with Crippen LogP contribution in [0.15, 0.2) is 158 Å². The Hall–Kier alpha value is -4.97. The molecule has 1 unspecified atom stereocenters. The van der Waals surface area contributed by atoms with E-state index in [4.69, 9.17) is 14.2 Å². The van der Waals surface area contributed by atoms with E-state index in [0.717, 1.165) is 89.9 Å². The fourth-order valence-corrected chi connectivity index (χ4v) is 5.68. The summed E-state index contributed by atoms with van der Waals surface area (Å²) < 4.78 is 16.6. The third-order valence-electron chi connectivity index (χ3n) is 9.20. The summed E-state index contributed by atoms with van der Waals surface area (Å²) in [5.74, 6) is -1.10. The Kier molecular flexibility index (Phi) is 45.8. The molecule has 0 fully saturated rings. The standard InChI is InChI=1S/C57H84O6/c1-4-7-10-13-16-19-22-25-27-28-30-32-35-38-41-44-47-50-56(59)62-53-54(52-61-55(58)49-46-43-40-37-34-31-24-21-18-15-12-9-6-3)63-57(60)51-48-45-42-39-36-33-29-26-23-20-17-14-11-8-5-2/h7-12,14-21,23-25,27,30-32,34,37-38,40-41,54H,4-6,13,22,26,28-29,33,35-36,39,42-53H2,1-3H3/b10-7-,11-8-,12-9-,17-14-,18-15-,19-16-,23-20-,24-21-,27-25-,32-30-,34-31-,40-37-,41-38-. The number of hydrogen-bond acceptors (Lipinski definition) is 6. The van der Waals surface area contributed by atoms with Crippen LogP contribution in [-0.4, -0.2) is 37.2 Å². The first-order chi connectivity index (χ1) is 31.0. The molecule has 0 aliphatic carbocycles. The number of unbranched alkanes of at least 4 members (excludes halogenated alkanes) is 9. The van der Waals surface area contributed by atoms with Crippen LogP contribution in [-0.2, 0) is 28.6 Å². The van der Waals surface area contributed by atoms with Crippen LogP contribution in [0.2, 0.25) is 0 Å². The van der Waals surface area contributed by atoms with Crippen LogP contribution in [0.5, 0.6) is 0 Å². The fourth-order valence-electron chi connectivity index (χ4n) is 5.68. The highest BCUT2D eigenvalue weighted by Gasteiger charge is 2.19. The van der Waals surface area contributed by atoms with Gasteiger partial charge in [0.2, 0.25) is 0 Å². The first-order valence-electron chi connectivity index (χ1n) is 24.1. The van der Waals surface area contributed by atoms with Gasteiger partial charge in [-0.25, -0.2) is 0 Å². The Balaban J connectivity index is 4.64. The lowest BCUT2D eigenvalue weighted by atomic mass is 10.1. The highest BCUT2D eigenvalue weighted by Crippen LogP contribution is 2.12. The summed E-state index contributed by atoms with van der Waals surface area (Å²) in [4.78, 5) is 37.9. The molecular weight excluding hydrogens is 781 g/mol. The van der Waals surface area contributed by atoms with Crippen molar-refractivity contribution in [3.8, 4) is 0 Å². The molecule has 0 N–H and O–H groups in total. The minimum absolute atomic E-state index is 0.143. The smallest absolute Gasteiger partial charge is 0.306 e. The summed E-state index contributed by atoms with van der Waals surface area (Å²) in [5, 5.41) is 0. The second kappa shape index (κ2) is 49.7. The van der Waals surface area contributed by atoms with Gasteiger partial charge in [-0.1, -0.05) is 211 Å². The predicted octanol–water partition coefficient (Wildman–Crippen LogP) is 15.9. The number of allylic oxidation sites excluding steroid dienone is 26. The molecule has 0 aromatic rings. The highest BCUT2D eigenvalue weighted by atomic mass is 16.6. The number of hydrogen-bond donors (Lipinski definition) is 0. The van der Waals surface area contributed by atoms with E-state index in [1.807, 2.05) is 54.7 Å². The zero-order valence-electron chi connectivity index (χ0n) is 39.5. The lowest BCUT2D eigenvalue weighted by Gasteiger charge is -2.18. The average Bonchev–Trinajstić information content (AvgIpc) is 3.28. The van der Waals surface area contributed by atoms with Gasteiger partial charge < -0.3 is 14.2 Å². The van der Waals surface area contributed by atoms with Crippen LogP contribution in [0.3, 0.4) is 0 Å². The van der Waals surface area contributed by atoms with Crippen LogP contribution in [0.25, 0.3) is 0 Å². The lowest BCUT2D eigenvalue weighted by molar-refractivity contribution is -0.167. The molecular formula is C57H84O6. The van der Waals surface area contributed by atoms with Crippen molar-refractivity contribution >= 4 is 17.9 Å². The first-order valence-corrected chi connectivity index (χ1v) is 24.1. The van der Waals surface area contributed by atoms with Gasteiger partial charge in [-0.15, -0.1) is 0 Å². The molecule has 0 amide bonds. The molecule has 6 heteroatoms. The monoisotopic (exact) mass is 865 g/mol. The van der Waals surface area contributed by atoms with E-state index < -0.39 is 6.10 Å². The molecule has 1 atom stereocenters. The Bertz CT molecular complexity index is 1510. The molecule has 0 rings (SSSR count). The van der Waals surface area contributed by atoms with Crippen LogP contribution >= 0.6 is 0 Å². The van der Waals surface area contributed by atoms with Gasteiger partial charge in [-0.05, 0) is 89.9 Å². The van der Waals surface area contributed by atoms with Crippen LogP contribution in [0, 0.1) is 0 Å². The summed E-state index contributed by atoms with van der Waals surface area (Å²) >= 11 is 0. The van der Waals surface area contributed by atoms with E-state index in [1.54, 1.807) is 0 Å². The molecule has 0 spiro atoms. The van der Waals surface area contributed by atoms with Gasteiger partial charge in [0.25, 0.3) is 0 Å². The summed E-state index contributed by atoms with van der Waals surface area (Å²) in [5.41, 5.74) is 0. The lowest BCUT2D eigenvalue weighted by Crippen LogP contribution is -2.30. The zero-order valence-corrected chi connectivity index (χ0v) is 39.5. The summed E-state index contributed by atoms with van der Waals surface area (Å²) in [6.45, 7) is 6.08. The van der Waals surface area contributed by atoms with Crippen molar-refractivity contribution in [1.29, 1.82) is 0 Å². The summed E-state index contributed by atoms with van der Waals surface area (Å²) in [7, 11) is 0. The maximum absolute atomic E-state index is 12.8. The average molecular weight is 865 g/mol. The Labute approximate surface area is 384 Å². The van der Waals surface area contributed by atoms with Gasteiger partial charge in [-0.2, -0.15) is 0 Å². The second-order valence-electron chi connectivity index (χ2n) is 15.1. The second-order valence-corrected chi connectivity index (χ2v) is 15.1. The van der Waals surface area contributed by atoms with E-state index >= 15 is 0 Å². The highest BCUT2D eigenvalue weighted by molar-refractivity contribution is 5.71. The largest absolute Gasteiger partial charge is 0.462 e. The molecule has 6 nitrogen and oxygen atoms in total. The van der Waals surface area contributed by atoms with E-state index in [2.05, 4.69) is 124 Å². The molecule has 0 saturated heterocycles. The van der Waals surface area contributed by atoms with E-state index in [0.29, 0.717) is 12.8 Å². The molecule has 0 aromatic heterocycles. The van der Waals surface area contributed by atoms with Gasteiger partial charge in [0, 0.05) is 19.3 Å². The zero-order chi connectivity index (χ0) is 45.8. The molecule has 0 saturated carbocycles. The van der Waals surface area contributed by atoms with Gasteiger partial charge in [0.05, 0.1) is 0 Å². The Morgan fingerprint density at radius 2 is 0.667 bits per heavy atom. The molecule has 0 aliphatic rings. The third kappa shape index (κ3) is 47.9. The number of carbonyl (C=O) groups is 3. The maximum Gasteiger partial charge on any atom is 0.306 e. The van der Waals surface area contributed by atoms with Crippen LogP contribution < -0.4 is 0 Å². The SMILES string of the molecule is CC\C=C/C=C\C=C/C=C\C=C/CCCC(=O)OCC(COC(=O)CCC/C=C\C/C=C\C/C=C\C/C=C\C/C=C\CC)OC(=O)CCCCCCCCC\C=C/C=C\C=C/CC. The summed E-state index contributed by atoms with van der Waals surface area (Å²) in [6, 6.07) is 0. The first kappa shape index (κ1) is 58.0. The van der Waals surface area contributed by atoms with Crippen molar-refractivity contribution < 1.29 is 28.6 Å². The van der Waals surface area contributed by atoms with Crippen molar-refractivity contribution in [1.82, 2.24) is 0 Å². The van der Waals surface area contributed by atoms with Gasteiger partial charge >= 0.3 is 17.9 Å². The van der Waals surface area contributed by atoms with Gasteiger partial charge in [0.1, 0.15) is 13.2 Å². The van der Waals surface area contributed by atoms with Crippen molar-refractivity contribution in [3.05, 3.63) is 158 Å². The fraction of sp³-hybridized carbons (Fsp3) is 0.491. The van der Waals surface area contributed by atoms with Crippen molar-refractivity contribution in [3.63, 3.8) is 0 Å². The molecule has 0 aliphatic heterocycles. The quantitative estimate of drug-likeness (QED) is 0.0201. The topological polar surface area (TPSA) is 78.9 Å². The Morgan fingerprint density at radius 3 is 1.13 bits per heavy atom.